The standard InChI is InChI=1S/C23H31N3O2S/c1-3-4-5-6-13-26-16-21-22(17-26)23(21,2)18-9-7-10-19(14-18)25-29(27,28)20-11-8-12-24-15-20/h7-12,14-15,21-22,25H,3-6,13,16-17H2,1-2H3. The van der Waals surface area contributed by atoms with E-state index in [9.17, 15) is 8.42 Å². The van der Waals surface area contributed by atoms with Gasteiger partial charge in [0.05, 0.1) is 0 Å². The number of pyridine rings is 1. The third-order valence-electron chi connectivity index (χ3n) is 6.84. The molecule has 2 heterocycles. The smallest absolute Gasteiger partial charge is 0.263 e. The van der Waals surface area contributed by atoms with Gasteiger partial charge in [-0.2, -0.15) is 0 Å². The Balaban J connectivity index is 1.40. The fourth-order valence-electron chi connectivity index (χ4n) is 4.97. The van der Waals surface area contributed by atoms with Gasteiger partial charge in [0.15, 0.2) is 0 Å². The summed E-state index contributed by atoms with van der Waals surface area (Å²) in [6.45, 7) is 8.14. The molecule has 2 fully saturated rings. The van der Waals surface area contributed by atoms with Crippen LogP contribution in [0.15, 0.2) is 53.7 Å². The van der Waals surface area contributed by atoms with E-state index in [0.29, 0.717) is 17.5 Å². The maximum atomic E-state index is 12.6. The molecule has 1 saturated heterocycles. The number of piperidine rings is 1. The van der Waals surface area contributed by atoms with Crippen molar-refractivity contribution in [1.29, 1.82) is 0 Å². The number of sulfonamides is 1. The molecular weight excluding hydrogens is 382 g/mol. The molecule has 0 spiro atoms. The summed E-state index contributed by atoms with van der Waals surface area (Å²) in [4.78, 5) is 6.70. The lowest BCUT2D eigenvalue weighted by atomic mass is 9.92. The van der Waals surface area contributed by atoms with Gasteiger partial charge in [-0.3, -0.25) is 9.71 Å². The monoisotopic (exact) mass is 413 g/mol. The molecule has 0 radical (unpaired) electrons. The van der Waals surface area contributed by atoms with E-state index in [1.165, 1.54) is 57.1 Å². The Bertz CT molecular complexity index is 934. The highest BCUT2D eigenvalue weighted by Crippen LogP contribution is 2.63. The van der Waals surface area contributed by atoms with Gasteiger partial charge in [-0.05, 0) is 54.6 Å². The highest BCUT2D eigenvalue weighted by Gasteiger charge is 2.65. The van der Waals surface area contributed by atoms with Gasteiger partial charge >= 0.3 is 0 Å². The number of anilines is 1. The van der Waals surface area contributed by atoms with Gasteiger partial charge in [-0.25, -0.2) is 8.42 Å². The molecule has 1 aliphatic heterocycles. The number of unbranched alkanes of at least 4 members (excludes halogenated alkanes) is 3. The highest BCUT2D eigenvalue weighted by atomic mass is 32.2. The molecule has 1 aromatic heterocycles. The minimum absolute atomic E-state index is 0.162. The third kappa shape index (κ3) is 4.05. The van der Waals surface area contributed by atoms with Crippen molar-refractivity contribution >= 4 is 15.7 Å². The fourth-order valence-corrected chi connectivity index (χ4v) is 5.99. The first-order chi connectivity index (χ1) is 13.9. The van der Waals surface area contributed by atoms with E-state index in [0.717, 1.165) is 0 Å². The molecule has 1 saturated carbocycles. The predicted molar refractivity (Wildman–Crippen MR) is 116 cm³/mol. The Hall–Kier alpha value is -1.92. The lowest BCUT2D eigenvalue weighted by molar-refractivity contribution is 0.271. The Morgan fingerprint density at radius 2 is 1.93 bits per heavy atom. The van der Waals surface area contributed by atoms with E-state index >= 15 is 0 Å². The number of nitrogens with one attached hydrogen (secondary N) is 1. The molecule has 0 amide bonds. The summed E-state index contributed by atoms with van der Waals surface area (Å²) in [5.74, 6) is 1.36. The lowest BCUT2D eigenvalue weighted by Gasteiger charge is -2.24. The van der Waals surface area contributed by atoms with Crippen LogP contribution in [0.25, 0.3) is 0 Å². The molecule has 6 heteroatoms. The van der Waals surface area contributed by atoms with Gasteiger partial charge in [-0.15, -0.1) is 0 Å². The molecular formula is C23H31N3O2S. The van der Waals surface area contributed by atoms with Crippen molar-refractivity contribution < 1.29 is 8.42 Å². The van der Waals surface area contributed by atoms with Crippen molar-refractivity contribution in [1.82, 2.24) is 9.88 Å². The van der Waals surface area contributed by atoms with Crippen molar-refractivity contribution in [2.24, 2.45) is 11.8 Å². The van der Waals surface area contributed by atoms with E-state index in [2.05, 4.69) is 34.5 Å². The first-order valence-electron chi connectivity index (χ1n) is 10.7. The van der Waals surface area contributed by atoms with Crippen LogP contribution in [0.3, 0.4) is 0 Å². The summed E-state index contributed by atoms with van der Waals surface area (Å²) in [5, 5.41) is 0. The summed E-state index contributed by atoms with van der Waals surface area (Å²) >= 11 is 0. The second-order valence-corrected chi connectivity index (χ2v) is 10.4. The van der Waals surface area contributed by atoms with Crippen LogP contribution in [0.1, 0.15) is 45.1 Å². The summed E-state index contributed by atoms with van der Waals surface area (Å²) in [7, 11) is -3.62. The molecule has 0 bridgehead atoms. The maximum absolute atomic E-state index is 12.6. The number of hydrogen-bond donors (Lipinski definition) is 1. The van der Waals surface area contributed by atoms with Gasteiger partial charge in [0.1, 0.15) is 4.90 Å². The van der Waals surface area contributed by atoms with E-state index in [1.54, 1.807) is 18.3 Å². The van der Waals surface area contributed by atoms with Crippen molar-refractivity contribution in [2.75, 3.05) is 24.4 Å². The number of nitrogens with zero attached hydrogens (tertiary/aromatic N) is 2. The summed E-state index contributed by atoms with van der Waals surface area (Å²) in [5.41, 5.74) is 2.02. The Kier molecular flexibility index (Phi) is 5.67. The quantitative estimate of drug-likeness (QED) is 0.623. The van der Waals surface area contributed by atoms with Crippen LogP contribution in [0.5, 0.6) is 0 Å². The van der Waals surface area contributed by atoms with Crippen molar-refractivity contribution in [2.45, 2.75) is 49.8 Å². The average molecular weight is 414 g/mol. The molecule has 29 heavy (non-hydrogen) atoms. The van der Waals surface area contributed by atoms with Gasteiger partial charge < -0.3 is 4.90 Å². The van der Waals surface area contributed by atoms with Gasteiger partial charge in [-0.1, -0.05) is 45.2 Å². The second-order valence-electron chi connectivity index (χ2n) is 8.69. The molecule has 2 atom stereocenters. The fraction of sp³-hybridized carbons (Fsp3) is 0.522. The van der Waals surface area contributed by atoms with Crippen LogP contribution in [0, 0.1) is 11.8 Å². The van der Waals surface area contributed by atoms with E-state index < -0.39 is 10.0 Å². The normalized spacial score (nSPS) is 26.3. The van der Waals surface area contributed by atoms with Crippen molar-refractivity contribution in [3.05, 3.63) is 54.4 Å². The molecule has 1 aliphatic carbocycles. The van der Waals surface area contributed by atoms with E-state index in [1.807, 2.05) is 18.2 Å². The number of benzene rings is 1. The zero-order chi connectivity index (χ0) is 20.5. The topological polar surface area (TPSA) is 62.3 Å². The van der Waals surface area contributed by atoms with Gasteiger partial charge in [0.2, 0.25) is 0 Å². The van der Waals surface area contributed by atoms with E-state index in [-0.39, 0.29) is 10.3 Å². The molecule has 2 unspecified atom stereocenters. The molecule has 4 rings (SSSR count). The minimum Gasteiger partial charge on any atom is -0.303 e. The largest absolute Gasteiger partial charge is 0.303 e. The number of rotatable bonds is 9. The first kappa shape index (κ1) is 20.4. The lowest BCUT2D eigenvalue weighted by Crippen LogP contribution is -2.30. The van der Waals surface area contributed by atoms with Crippen LogP contribution in [0.2, 0.25) is 0 Å². The van der Waals surface area contributed by atoms with Crippen LogP contribution in [0.4, 0.5) is 5.69 Å². The second kappa shape index (κ2) is 8.07. The van der Waals surface area contributed by atoms with Gasteiger partial charge in [0, 0.05) is 36.6 Å². The third-order valence-corrected chi connectivity index (χ3v) is 8.20. The van der Waals surface area contributed by atoms with E-state index in [4.69, 9.17) is 0 Å². The van der Waals surface area contributed by atoms with Crippen molar-refractivity contribution in [3.63, 3.8) is 0 Å². The Labute approximate surface area is 174 Å². The molecule has 2 aromatic rings. The molecule has 2 aliphatic rings. The Morgan fingerprint density at radius 3 is 2.62 bits per heavy atom. The number of aromatic nitrogens is 1. The molecule has 5 nitrogen and oxygen atoms in total. The van der Waals surface area contributed by atoms with Gasteiger partial charge in [0.25, 0.3) is 10.0 Å². The molecule has 1 N–H and O–H groups in total. The average Bonchev–Trinajstić information content (AvgIpc) is 3.07. The Morgan fingerprint density at radius 1 is 1.14 bits per heavy atom. The highest BCUT2D eigenvalue weighted by molar-refractivity contribution is 7.92. The zero-order valence-electron chi connectivity index (χ0n) is 17.3. The SMILES string of the molecule is CCCCCCN1CC2C(C1)C2(C)c1cccc(NS(=O)(=O)c2cccnc2)c1. The van der Waals surface area contributed by atoms with Crippen LogP contribution in [-0.4, -0.2) is 37.9 Å². The zero-order valence-corrected chi connectivity index (χ0v) is 18.2. The minimum atomic E-state index is -3.62. The maximum Gasteiger partial charge on any atom is 0.263 e. The molecule has 156 valence electrons. The number of hydrogen-bond acceptors (Lipinski definition) is 4. The number of likely N-dealkylation sites (tertiary alicyclic amines) is 1. The van der Waals surface area contributed by atoms with Crippen LogP contribution in [-0.2, 0) is 15.4 Å². The van der Waals surface area contributed by atoms with Crippen LogP contribution < -0.4 is 4.72 Å². The number of fused-ring (bicyclic) bond motifs is 1. The van der Waals surface area contributed by atoms with Crippen LogP contribution >= 0.6 is 0 Å². The predicted octanol–water partition coefficient (Wildman–Crippen LogP) is 4.28. The summed E-state index contributed by atoms with van der Waals surface area (Å²) in [6, 6.07) is 11.1. The first-order valence-corrected chi connectivity index (χ1v) is 12.2. The summed E-state index contributed by atoms with van der Waals surface area (Å²) < 4.78 is 27.9. The molecule has 1 aromatic carbocycles. The van der Waals surface area contributed by atoms with Crippen molar-refractivity contribution in [3.8, 4) is 0 Å². The summed E-state index contributed by atoms with van der Waals surface area (Å²) in [6.07, 6.45) is 8.19.